The molecule has 7 nitrogen and oxygen atoms in total. The Morgan fingerprint density at radius 1 is 1.30 bits per heavy atom. The summed E-state index contributed by atoms with van der Waals surface area (Å²) in [5.74, 6) is -0.370. The Kier molecular flexibility index (Phi) is 3.94. The Labute approximate surface area is 132 Å². The molecule has 2 aromatic heterocycles. The van der Waals surface area contributed by atoms with Gasteiger partial charge in [-0.25, -0.2) is 14.3 Å². The van der Waals surface area contributed by atoms with Gasteiger partial charge in [0.2, 0.25) is 0 Å². The maximum absolute atomic E-state index is 11.3. The smallest absolute Gasteiger partial charge is 0.341 e. The summed E-state index contributed by atoms with van der Waals surface area (Å²) in [5, 5.41) is 13.5. The van der Waals surface area contributed by atoms with Crippen LogP contribution in [0.2, 0.25) is 0 Å². The van der Waals surface area contributed by atoms with Crippen molar-refractivity contribution in [2.24, 2.45) is 0 Å². The fourth-order valence-corrected chi connectivity index (χ4v) is 2.37. The molecule has 0 saturated heterocycles. The van der Waals surface area contributed by atoms with Crippen molar-refractivity contribution in [3.05, 3.63) is 47.8 Å². The van der Waals surface area contributed by atoms with Gasteiger partial charge in [-0.2, -0.15) is 5.10 Å². The summed E-state index contributed by atoms with van der Waals surface area (Å²) in [5.41, 5.74) is 2.51. The third-order valence-corrected chi connectivity index (χ3v) is 3.41. The van der Waals surface area contributed by atoms with Crippen LogP contribution in [0, 0.1) is 0 Å². The highest BCUT2D eigenvalue weighted by atomic mass is 16.5. The molecular weight excluding hydrogens is 298 g/mol. The Morgan fingerprint density at radius 3 is 2.83 bits per heavy atom. The molecule has 0 bridgehead atoms. The van der Waals surface area contributed by atoms with E-state index < -0.39 is 5.97 Å². The quantitative estimate of drug-likeness (QED) is 0.777. The summed E-state index contributed by atoms with van der Waals surface area (Å²) >= 11 is 0. The van der Waals surface area contributed by atoms with E-state index >= 15 is 0 Å². The Hall–Kier alpha value is -2.93. The number of carbonyl (C=O) groups is 1. The number of fused-ring (bicyclic) bond motifs is 1. The molecule has 7 heteroatoms. The van der Waals surface area contributed by atoms with Gasteiger partial charge in [0.05, 0.1) is 31.3 Å². The summed E-state index contributed by atoms with van der Waals surface area (Å²) in [6.45, 7) is 0.276. The summed E-state index contributed by atoms with van der Waals surface area (Å²) in [6.07, 6.45) is 1.30. The normalized spacial score (nSPS) is 10.9. The second-order valence-corrected chi connectivity index (χ2v) is 4.90. The molecule has 0 aliphatic heterocycles. The third kappa shape index (κ3) is 2.74. The first-order valence-corrected chi connectivity index (χ1v) is 6.88. The molecule has 0 aliphatic rings. The molecule has 1 aromatic carbocycles. The van der Waals surface area contributed by atoms with Crippen molar-refractivity contribution in [1.29, 1.82) is 0 Å². The van der Waals surface area contributed by atoms with E-state index in [2.05, 4.69) is 10.1 Å². The van der Waals surface area contributed by atoms with Gasteiger partial charge in [-0.15, -0.1) is 0 Å². The Balaban J connectivity index is 2.27. The molecular formula is C16H15N3O4. The summed E-state index contributed by atoms with van der Waals surface area (Å²) in [4.78, 5) is 15.7. The Morgan fingerprint density at radius 2 is 2.13 bits per heavy atom. The highest BCUT2D eigenvalue weighted by Gasteiger charge is 2.17. The van der Waals surface area contributed by atoms with Crippen LogP contribution in [0.3, 0.4) is 0 Å². The van der Waals surface area contributed by atoms with Gasteiger partial charge in [0.1, 0.15) is 11.3 Å². The topological polar surface area (TPSA) is 86.0 Å². The van der Waals surface area contributed by atoms with E-state index in [1.807, 2.05) is 30.3 Å². The van der Waals surface area contributed by atoms with E-state index in [1.165, 1.54) is 10.7 Å². The van der Waals surface area contributed by atoms with Crippen molar-refractivity contribution in [2.75, 3.05) is 14.2 Å². The van der Waals surface area contributed by atoms with Crippen LogP contribution < -0.4 is 4.74 Å². The van der Waals surface area contributed by atoms with Crippen LogP contribution in [0.25, 0.3) is 16.9 Å². The number of carboxylic acids is 1. The van der Waals surface area contributed by atoms with E-state index in [-0.39, 0.29) is 17.8 Å². The lowest BCUT2D eigenvalue weighted by Gasteiger charge is -2.09. The standard InChI is InChI=1S/C16H15N3O4/c1-22-9-11-7-14(10-4-3-5-12(6-10)23-2)19-15(18-11)13(8-17-19)16(20)21/h3-8H,9H2,1-2H3,(H,20,21). The molecule has 0 unspecified atom stereocenters. The molecule has 0 amide bonds. The van der Waals surface area contributed by atoms with Crippen LogP contribution >= 0.6 is 0 Å². The molecule has 0 spiro atoms. The lowest BCUT2D eigenvalue weighted by Crippen LogP contribution is -2.04. The number of benzene rings is 1. The molecule has 0 aliphatic carbocycles. The minimum absolute atomic E-state index is 0.0482. The molecule has 118 valence electrons. The molecule has 3 rings (SSSR count). The Bertz CT molecular complexity index is 873. The van der Waals surface area contributed by atoms with Crippen LogP contribution in [0.1, 0.15) is 16.1 Å². The van der Waals surface area contributed by atoms with Crippen molar-refractivity contribution in [3.8, 4) is 17.0 Å². The van der Waals surface area contributed by atoms with E-state index in [9.17, 15) is 9.90 Å². The number of carboxylic acid groups (broad SMARTS) is 1. The zero-order chi connectivity index (χ0) is 16.4. The number of rotatable bonds is 5. The molecule has 23 heavy (non-hydrogen) atoms. The first-order valence-electron chi connectivity index (χ1n) is 6.88. The van der Waals surface area contributed by atoms with Crippen LogP contribution in [0.15, 0.2) is 36.5 Å². The molecule has 0 radical (unpaired) electrons. The van der Waals surface area contributed by atoms with E-state index in [0.29, 0.717) is 17.1 Å². The summed E-state index contributed by atoms with van der Waals surface area (Å²) in [6, 6.07) is 9.27. The van der Waals surface area contributed by atoms with E-state index in [0.717, 1.165) is 5.56 Å². The van der Waals surface area contributed by atoms with Gasteiger partial charge in [-0.3, -0.25) is 0 Å². The zero-order valence-corrected chi connectivity index (χ0v) is 12.7. The lowest BCUT2D eigenvalue weighted by atomic mass is 10.1. The third-order valence-electron chi connectivity index (χ3n) is 3.41. The molecule has 0 atom stereocenters. The van der Waals surface area contributed by atoms with E-state index in [4.69, 9.17) is 9.47 Å². The van der Waals surface area contributed by atoms with Gasteiger partial charge < -0.3 is 14.6 Å². The maximum Gasteiger partial charge on any atom is 0.341 e. The first-order chi connectivity index (χ1) is 11.1. The van der Waals surface area contributed by atoms with Gasteiger partial charge in [0.25, 0.3) is 0 Å². The lowest BCUT2D eigenvalue weighted by molar-refractivity contribution is 0.0698. The van der Waals surface area contributed by atoms with Gasteiger partial charge in [-0.05, 0) is 18.2 Å². The molecule has 0 fully saturated rings. The van der Waals surface area contributed by atoms with E-state index in [1.54, 1.807) is 14.2 Å². The van der Waals surface area contributed by atoms with Crippen molar-refractivity contribution in [3.63, 3.8) is 0 Å². The molecule has 0 saturated carbocycles. The first kappa shape index (κ1) is 15.0. The monoisotopic (exact) mass is 313 g/mol. The fourth-order valence-electron chi connectivity index (χ4n) is 2.37. The van der Waals surface area contributed by atoms with Gasteiger partial charge in [0, 0.05) is 12.7 Å². The number of hydrogen-bond acceptors (Lipinski definition) is 5. The minimum Gasteiger partial charge on any atom is -0.497 e. The fraction of sp³-hybridized carbons (Fsp3) is 0.188. The zero-order valence-electron chi connectivity index (χ0n) is 12.7. The number of aromatic carboxylic acids is 1. The minimum atomic E-state index is -1.07. The van der Waals surface area contributed by atoms with Crippen LogP contribution in [0.5, 0.6) is 5.75 Å². The average molecular weight is 313 g/mol. The molecule has 3 aromatic rings. The van der Waals surface area contributed by atoms with Crippen molar-refractivity contribution in [2.45, 2.75) is 6.61 Å². The van der Waals surface area contributed by atoms with Crippen LogP contribution in [-0.2, 0) is 11.3 Å². The number of ether oxygens (including phenoxy) is 2. The highest BCUT2D eigenvalue weighted by molar-refractivity contribution is 5.94. The second kappa shape index (κ2) is 6.05. The SMILES string of the molecule is COCc1cc(-c2cccc(OC)c2)n2ncc(C(=O)O)c2n1. The van der Waals surface area contributed by atoms with Gasteiger partial charge >= 0.3 is 5.97 Å². The van der Waals surface area contributed by atoms with Crippen molar-refractivity contribution >= 4 is 11.6 Å². The highest BCUT2D eigenvalue weighted by Crippen LogP contribution is 2.26. The largest absolute Gasteiger partial charge is 0.497 e. The van der Waals surface area contributed by atoms with Gasteiger partial charge in [-0.1, -0.05) is 12.1 Å². The number of hydrogen-bond donors (Lipinski definition) is 1. The number of methoxy groups -OCH3 is 2. The van der Waals surface area contributed by atoms with Crippen LogP contribution in [0.4, 0.5) is 0 Å². The predicted molar refractivity (Wildman–Crippen MR) is 82.6 cm³/mol. The number of aromatic nitrogens is 3. The predicted octanol–water partition coefficient (Wildman–Crippen LogP) is 2.25. The molecule has 1 N–H and O–H groups in total. The maximum atomic E-state index is 11.3. The second-order valence-electron chi connectivity index (χ2n) is 4.90. The van der Waals surface area contributed by atoms with Crippen LogP contribution in [-0.4, -0.2) is 39.9 Å². The van der Waals surface area contributed by atoms with Crippen molar-refractivity contribution in [1.82, 2.24) is 14.6 Å². The average Bonchev–Trinajstić information content (AvgIpc) is 2.98. The van der Waals surface area contributed by atoms with Gasteiger partial charge in [0.15, 0.2) is 5.65 Å². The molecule has 2 heterocycles. The van der Waals surface area contributed by atoms with Crippen molar-refractivity contribution < 1.29 is 19.4 Å². The summed E-state index contributed by atoms with van der Waals surface area (Å²) in [7, 11) is 3.15. The summed E-state index contributed by atoms with van der Waals surface area (Å²) < 4.78 is 11.9. The number of nitrogens with zero attached hydrogens (tertiary/aromatic N) is 3.